The molecule has 0 N–H and O–H groups in total. The molecule has 0 amide bonds. The minimum Gasteiger partial charge on any atom is -0.298 e. The summed E-state index contributed by atoms with van der Waals surface area (Å²) in [6.07, 6.45) is 0.773. The van der Waals surface area contributed by atoms with Crippen molar-refractivity contribution in [3.63, 3.8) is 0 Å². The zero-order chi connectivity index (χ0) is 13.0. The van der Waals surface area contributed by atoms with Crippen LogP contribution in [0, 0.1) is 5.92 Å². The van der Waals surface area contributed by atoms with Gasteiger partial charge in [-0.2, -0.15) is 0 Å². The third kappa shape index (κ3) is 4.27. The van der Waals surface area contributed by atoms with Gasteiger partial charge in [-0.25, -0.2) is 0 Å². The summed E-state index contributed by atoms with van der Waals surface area (Å²) < 4.78 is 0. The van der Waals surface area contributed by atoms with Crippen LogP contribution in [0.4, 0.5) is 0 Å². The van der Waals surface area contributed by atoms with Crippen LogP contribution in [0.1, 0.15) is 44.7 Å². The second-order valence-corrected chi connectivity index (χ2v) is 6.23. The Hall–Kier alpha value is -0.630. The van der Waals surface area contributed by atoms with Crippen molar-refractivity contribution >= 4 is 21.7 Å². The first kappa shape index (κ1) is 14.4. The molecule has 0 aliphatic rings. The Labute approximate surface area is 113 Å². The number of hydrogen-bond donors (Lipinski definition) is 0. The molecule has 0 bridgehead atoms. The number of hydrogen-bond acceptors (Lipinski definition) is 1. The summed E-state index contributed by atoms with van der Waals surface area (Å²) >= 11 is 3.48. The Morgan fingerprint density at radius 1 is 1.12 bits per heavy atom. The van der Waals surface area contributed by atoms with Crippen LogP contribution in [-0.2, 0) is 11.2 Å². The number of carbonyl (C=O) groups excluding carboxylic acids is 1. The van der Waals surface area contributed by atoms with Crippen LogP contribution < -0.4 is 0 Å². The van der Waals surface area contributed by atoms with E-state index in [1.807, 2.05) is 13.8 Å². The maximum Gasteiger partial charge on any atom is 0.149 e. The standard InChI is InChI=1S/C15H21BrO/c1-10(2)13-7-5-12(6-8-13)9-14(16)15(17)11(3)4/h5-8,10-11,14H,9H2,1-4H3. The molecule has 1 unspecified atom stereocenters. The highest BCUT2D eigenvalue weighted by molar-refractivity contribution is 9.10. The predicted octanol–water partition coefficient (Wildman–Crippen LogP) is 4.34. The molecule has 0 fully saturated rings. The molecule has 0 aliphatic carbocycles. The van der Waals surface area contributed by atoms with Gasteiger partial charge in [-0.3, -0.25) is 4.79 Å². The van der Waals surface area contributed by atoms with Gasteiger partial charge in [0.1, 0.15) is 5.78 Å². The molecule has 1 atom stereocenters. The largest absolute Gasteiger partial charge is 0.298 e. The van der Waals surface area contributed by atoms with Gasteiger partial charge in [-0.1, -0.05) is 67.9 Å². The molecule has 0 spiro atoms. The highest BCUT2D eigenvalue weighted by Crippen LogP contribution is 2.18. The lowest BCUT2D eigenvalue weighted by molar-refractivity contribution is -0.121. The maximum atomic E-state index is 11.8. The fourth-order valence-corrected chi connectivity index (χ4v) is 2.61. The minimum atomic E-state index is -0.0626. The maximum absolute atomic E-state index is 11.8. The van der Waals surface area contributed by atoms with Gasteiger partial charge >= 0.3 is 0 Å². The van der Waals surface area contributed by atoms with Gasteiger partial charge in [0.15, 0.2) is 0 Å². The van der Waals surface area contributed by atoms with Crippen LogP contribution in [-0.4, -0.2) is 10.6 Å². The van der Waals surface area contributed by atoms with Crippen LogP contribution >= 0.6 is 15.9 Å². The van der Waals surface area contributed by atoms with E-state index in [0.29, 0.717) is 5.92 Å². The third-order valence-corrected chi connectivity index (χ3v) is 3.71. The first-order valence-electron chi connectivity index (χ1n) is 6.18. The molecular formula is C15H21BrO. The van der Waals surface area contributed by atoms with Gasteiger partial charge in [-0.15, -0.1) is 0 Å². The highest BCUT2D eigenvalue weighted by Gasteiger charge is 2.18. The van der Waals surface area contributed by atoms with E-state index in [9.17, 15) is 4.79 Å². The van der Waals surface area contributed by atoms with Gasteiger partial charge in [0.05, 0.1) is 4.83 Å². The molecule has 0 radical (unpaired) electrons. The number of carbonyl (C=O) groups is 1. The zero-order valence-electron chi connectivity index (χ0n) is 11.0. The van der Waals surface area contributed by atoms with E-state index in [2.05, 4.69) is 54.0 Å². The van der Waals surface area contributed by atoms with Gasteiger partial charge in [-0.05, 0) is 23.5 Å². The van der Waals surface area contributed by atoms with E-state index in [1.165, 1.54) is 11.1 Å². The molecule has 0 aliphatic heterocycles. The second-order valence-electron chi connectivity index (χ2n) is 5.13. The summed E-state index contributed by atoms with van der Waals surface area (Å²) in [6.45, 7) is 8.26. The Morgan fingerprint density at radius 3 is 2.06 bits per heavy atom. The molecule has 1 nitrogen and oxygen atoms in total. The van der Waals surface area contributed by atoms with E-state index in [0.717, 1.165) is 6.42 Å². The molecule has 2 heteroatoms. The van der Waals surface area contributed by atoms with Crippen molar-refractivity contribution in [3.8, 4) is 0 Å². The lowest BCUT2D eigenvalue weighted by Gasteiger charge is -2.12. The highest BCUT2D eigenvalue weighted by atomic mass is 79.9. The van der Waals surface area contributed by atoms with Crippen molar-refractivity contribution in [2.75, 3.05) is 0 Å². The average Bonchev–Trinajstić information content (AvgIpc) is 2.28. The van der Waals surface area contributed by atoms with E-state index in [4.69, 9.17) is 0 Å². The smallest absolute Gasteiger partial charge is 0.149 e. The topological polar surface area (TPSA) is 17.1 Å². The molecule has 0 saturated heterocycles. The van der Waals surface area contributed by atoms with E-state index < -0.39 is 0 Å². The molecule has 1 aromatic carbocycles. The van der Waals surface area contributed by atoms with Crippen molar-refractivity contribution in [1.82, 2.24) is 0 Å². The Balaban J connectivity index is 2.66. The fourth-order valence-electron chi connectivity index (χ4n) is 1.71. The number of benzene rings is 1. The summed E-state index contributed by atoms with van der Waals surface area (Å²) in [7, 11) is 0. The molecular weight excluding hydrogens is 276 g/mol. The lowest BCUT2D eigenvalue weighted by Crippen LogP contribution is -2.21. The first-order valence-corrected chi connectivity index (χ1v) is 7.10. The number of Topliss-reactive ketones (excluding diaryl/α,β-unsaturated/α-hetero) is 1. The monoisotopic (exact) mass is 296 g/mol. The quantitative estimate of drug-likeness (QED) is 0.739. The minimum absolute atomic E-state index is 0.0626. The van der Waals surface area contributed by atoms with Crippen LogP contribution in [0.5, 0.6) is 0 Å². The number of ketones is 1. The summed E-state index contributed by atoms with van der Waals surface area (Å²) in [5, 5.41) is 0. The van der Waals surface area contributed by atoms with E-state index in [-0.39, 0.29) is 16.5 Å². The number of rotatable bonds is 5. The van der Waals surface area contributed by atoms with Gasteiger partial charge in [0.25, 0.3) is 0 Å². The lowest BCUT2D eigenvalue weighted by atomic mass is 9.98. The van der Waals surface area contributed by atoms with Crippen LogP contribution in [0.15, 0.2) is 24.3 Å². The third-order valence-electron chi connectivity index (χ3n) is 2.94. The summed E-state index contributed by atoms with van der Waals surface area (Å²) in [6, 6.07) is 8.55. The number of alkyl halides is 1. The molecule has 17 heavy (non-hydrogen) atoms. The normalized spacial score (nSPS) is 13.1. The van der Waals surface area contributed by atoms with Gasteiger partial charge < -0.3 is 0 Å². The molecule has 94 valence electrons. The molecule has 1 rings (SSSR count). The van der Waals surface area contributed by atoms with Gasteiger partial charge in [0.2, 0.25) is 0 Å². The summed E-state index contributed by atoms with van der Waals surface area (Å²) in [5.74, 6) is 0.924. The van der Waals surface area contributed by atoms with Crippen LogP contribution in [0.25, 0.3) is 0 Å². The van der Waals surface area contributed by atoms with E-state index in [1.54, 1.807) is 0 Å². The Kier molecular flexibility index (Phi) is 5.38. The van der Waals surface area contributed by atoms with Gasteiger partial charge in [0, 0.05) is 5.92 Å². The second kappa shape index (κ2) is 6.34. The predicted molar refractivity (Wildman–Crippen MR) is 76.8 cm³/mol. The van der Waals surface area contributed by atoms with Crippen molar-refractivity contribution in [2.45, 2.75) is 44.9 Å². The van der Waals surface area contributed by atoms with Crippen molar-refractivity contribution < 1.29 is 4.79 Å². The average molecular weight is 297 g/mol. The van der Waals surface area contributed by atoms with E-state index >= 15 is 0 Å². The van der Waals surface area contributed by atoms with Crippen LogP contribution in [0.2, 0.25) is 0 Å². The molecule has 0 heterocycles. The molecule has 0 saturated carbocycles. The van der Waals surface area contributed by atoms with Crippen LogP contribution in [0.3, 0.4) is 0 Å². The summed E-state index contributed by atoms with van der Waals surface area (Å²) in [4.78, 5) is 11.7. The van der Waals surface area contributed by atoms with Crippen molar-refractivity contribution in [3.05, 3.63) is 35.4 Å². The number of halogens is 1. The zero-order valence-corrected chi connectivity index (χ0v) is 12.6. The molecule has 0 aromatic heterocycles. The first-order chi connectivity index (χ1) is 7.91. The molecule has 1 aromatic rings. The SMILES string of the molecule is CC(C)C(=O)C(Br)Cc1ccc(C(C)C)cc1. The Morgan fingerprint density at radius 2 is 1.65 bits per heavy atom. The summed E-state index contributed by atoms with van der Waals surface area (Å²) in [5.41, 5.74) is 2.56. The van der Waals surface area contributed by atoms with Crippen molar-refractivity contribution in [2.24, 2.45) is 5.92 Å². The van der Waals surface area contributed by atoms with Crippen molar-refractivity contribution in [1.29, 1.82) is 0 Å². The Bertz CT molecular complexity index is 365. The fraction of sp³-hybridized carbons (Fsp3) is 0.533.